The Hall–Kier alpha value is -1.73. The number of aryl methyl sites for hydroxylation is 2. The van der Waals surface area contributed by atoms with Crippen molar-refractivity contribution in [2.45, 2.75) is 37.3 Å². The molecular weight excluding hydrogens is 300 g/mol. The van der Waals surface area contributed by atoms with Gasteiger partial charge in [-0.25, -0.2) is 13.4 Å². The van der Waals surface area contributed by atoms with E-state index >= 15 is 0 Å². The summed E-state index contributed by atoms with van der Waals surface area (Å²) in [5.41, 5.74) is 0.943. The van der Waals surface area contributed by atoms with Gasteiger partial charge in [0.2, 0.25) is 0 Å². The summed E-state index contributed by atoms with van der Waals surface area (Å²) in [5, 5.41) is 0.128. The first kappa shape index (κ1) is 15.2. The van der Waals surface area contributed by atoms with E-state index in [2.05, 4.69) is 9.97 Å². The lowest BCUT2D eigenvalue weighted by Crippen LogP contribution is -2.38. The highest BCUT2D eigenvalue weighted by atomic mass is 32.2. The molecule has 2 aromatic heterocycles. The number of rotatable bonds is 3. The highest BCUT2D eigenvalue weighted by molar-refractivity contribution is 7.89. The van der Waals surface area contributed by atoms with Crippen molar-refractivity contribution >= 4 is 10.0 Å². The Balaban J connectivity index is 2.00. The first-order valence-corrected chi connectivity index (χ1v) is 8.86. The Bertz CT molecular complexity index is 736. The largest absolute Gasteiger partial charge is 0.337 e. The number of sulfonamides is 1. The minimum absolute atomic E-state index is 0.128. The first-order valence-electron chi connectivity index (χ1n) is 7.42. The van der Waals surface area contributed by atoms with Gasteiger partial charge in [0, 0.05) is 32.2 Å². The molecule has 0 radical (unpaired) electrons. The van der Waals surface area contributed by atoms with Crippen molar-refractivity contribution in [3.63, 3.8) is 0 Å². The normalized spacial score (nSPS) is 20.2. The quantitative estimate of drug-likeness (QED) is 0.868. The van der Waals surface area contributed by atoms with Crippen LogP contribution in [0.5, 0.6) is 0 Å². The lowest BCUT2D eigenvalue weighted by Gasteiger charge is -2.34. The molecule has 0 aliphatic carbocycles. The van der Waals surface area contributed by atoms with E-state index in [0.717, 1.165) is 24.8 Å². The molecule has 7 heteroatoms. The zero-order valence-electron chi connectivity index (χ0n) is 12.8. The average molecular weight is 320 g/mol. The summed E-state index contributed by atoms with van der Waals surface area (Å²) in [6, 6.07) is 3.63. The van der Waals surface area contributed by atoms with Gasteiger partial charge in [-0.05, 0) is 31.4 Å². The second kappa shape index (κ2) is 5.81. The molecule has 22 heavy (non-hydrogen) atoms. The van der Waals surface area contributed by atoms with E-state index in [1.165, 1.54) is 0 Å². The number of imidazole rings is 1. The van der Waals surface area contributed by atoms with E-state index in [1.807, 2.05) is 12.1 Å². The van der Waals surface area contributed by atoms with Crippen LogP contribution in [0.1, 0.15) is 36.7 Å². The number of piperidine rings is 1. The Kier molecular flexibility index (Phi) is 4.01. The summed E-state index contributed by atoms with van der Waals surface area (Å²) in [5.74, 6) is 0.688. The van der Waals surface area contributed by atoms with Crippen LogP contribution in [0.25, 0.3) is 0 Å². The van der Waals surface area contributed by atoms with E-state index in [4.69, 9.17) is 0 Å². The fourth-order valence-corrected chi connectivity index (χ4v) is 4.58. The predicted molar refractivity (Wildman–Crippen MR) is 82.7 cm³/mol. The molecular formula is C15H20N4O2S. The molecule has 0 unspecified atom stereocenters. The zero-order chi connectivity index (χ0) is 15.7. The van der Waals surface area contributed by atoms with Crippen LogP contribution in [0, 0.1) is 6.92 Å². The number of hydrogen-bond donors (Lipinski definition) is 0. The SMILES string of the molecule is Cc1nc(S(=O)(=O)N2CCCC[C@H]2c2cccnc2)cn1C. The van der Waals surface area contributed by atoms with Gasteiger partial charge < -0.3 is 4.57 Å². The van der Waals surface area contributed by atoms with Gasteiger partial charge in [-0.3, -0.25) is 4.98 Å². The molecule has 0 aromatic carbocycles. The van der Waals surface area contributed by atoms with Crippen molar-refractivity contribution in [1.29, 1.82) is 0 Å². The van der Waals surface area contributed by atoms with Gasteiger partial charge in [0.15, 0.2) is 5.03 Å². The van der Waals surface area contributed by atoms with Gasteiger partial charge in [0.1, 0.15) is 5.82 Å². The van der Waals surface area contributed by atoms with E-state index in [-0.39, 0.29) is 11.1 Å². The summed E-state index contributed by atoms with van der Waals surface area (Å²) in [7, 11) is -1.79. The van der Waals surface area contributed by atoms with Crippen LogP contribution in [0.15, 0.2) is 35.7 Å². The van der Waals surface area contributed by atoms with E-state index < -0.39 is 10.0 Å². The number of hydrogen-bond acceptors (Lipinski definition) is 4. The minimum Gasteiger partial charge on any atom is -0.337 e. The highest BCUT2D eigenvalue weighted by Crippen LogP contribution is 2.34. The van der Waals surface area contributed by atoms with Gasteiger partial charge in [-0.1, -0.05) is 12.5 Å². The Morgan fingerprint density at radius 2 is 2.14 bits per heavy atom. The van der Waals surface area contributed by atoms with Crippen molar-refractivity contribution in [3.8, 4) is 0 Å². The Morgan fingerprint density at radius 1 is 1.32 bits per heavy atom. The van der Waals surface area contributed by atoms with Crippen molar-refractivity contribution in [2.24, 2.45) is 7.05 Å². The van der Waals surface area contributed by atoms with Crippen molar-refractivity contribution in [3.05, 3.63) is 42.1 Å². The third-order valence-electron chi connectivity index (χ3n) is 4.18. The standard InChI is InChI=1S/C15H20N4O2S/c1-12-17-15(11-18(12)2)22(20,21)19-9-4-3-7-14(19)13-6-5-8-16-10-13/h5-6,8,10-11,14H,3-4,7,9H2,1-2H3/t14-/m0/s1. The average Bonchev–Trinajstić information content (AvgIpc) is 2.88. The summed E-state index contributed by atoms with van der Waals surface area (Å²) in [6.45, 7) is 2.32. The molecule has 1 aliphatic heterocycles. The molecule has 0 saturated carbocycles. The van der Waals surface area contributed by atoms with E-state index in [9.17, 15) is 8.42 Å². The van der Waals surface area contributed by atoms with Crippen LogP contribution in [-0.2, 0) is 17.1 Å². The molecule has 1 fully saturated rings. The van der Waals surface area contributed by atoms with Crippen LogP contribution in [0.4, 0.5) is 0 Å². The van der Waals surface area contributed by atoms with Crippen LogP contribution < -0.4 is 0 Å². The van der Waals surface area contributed by atoms with Crippen LogP contribution >= 0.6 is 0 Å². The molecule has 0 spiro atoms. The number of nitrogens with zero attached hydrogens (tertiary/aromatic N) is 4. The minimum atomic E-state index is -3.59. The molecule has 3 heterocycles. The molecule has 0 amide bonds. The van der Waals surface area contributed by atoms with Crippen molar-refractivity contribution in [2.75, 3.05) is 6.54 Å². The molecule has 1 saturated heterocycles. The molecule has 0 N–H and O–H groups in total. The monoisotopic (exact) mass is 320 g/mol. The second-order valence-electron chi connectivity index (χ2n) is 5.65. The summed E-state index contributed by atoms with van der Waals surface area (Å²) in [6.07, 6.45) is 7.75. The summed E-state index contributed by atoms with van der Waals surface area (Å²) >= 11 is 0. The van der Waals surface area contributed by atoms with Gasteiger partial charge in [-0.15, -0.1) is 0 Å². The van der Waals surface area contributed by atoms with Gasteiger partial charge >= 0.3 is 0 Å². The molecule has 1 atom stereocenters. The highest BCUT2D eigenvalue weighted by Gasteiger charge is 2.36. The first-order chi connectivity index (χ1) is 10.5. The van der Waals surface area contributed by atoms with Gasteiger partial charge in [0.05, 0.1) is 6.04 Å². The topological polar surface area (TPSA) is 68.1 Å². The lowest BCUT2D eigenvalue weighted by atomic mass is 9.99. The summed E-state index contributed by atoms with van der Waals surface area (Å²) in [4.78, 5) is 8.33. The predicted octanol–water partition coefficient (Wildman–Crippen LogP) is 2.04. The molecule has 1 aliphatic rings. The third kappa shape index (κ3) is 2.66. The smallest absolute Gasteiger partial charge is 0.262 e. The van der Waals surface area contributed by atoms with Crippen molar-refractivity contribution in [1.82, 2.24) is 18.8 Å². The van der Waals surface area contributed by atoms with Crippen molar-refractivity contribution < 1.29 is 8.42 Å². The van der Waals surface area contributed by atoms with Crippen LogP contribution in [0.2, 0.25) is 0 Å². The van der Waals surface area contributed by atoms with E-state index in [1.54, 1.807) is 41.4 Å². The summed E-state index contributed by atoms with van der Waals surface area (Å²) < 4.78 is 29.2. The lowest BCUT2D eigenvalue weighted by molar-refractivity contribution is 0.255. The van der Waals surface area contributed by atoms with Gasteiger partial charge in [0.25, 0.3) is 10.0 Å². The third-order valence-corrected chi connectivity index (χ3v) is 5.96. The molecule has 0 bridgehead atoms. The van der Waals surface area contributed by atoms with E-state index in [0.29, 0.717) is 12.4 Å². The van der Waals surface area contributed by atoms with Crippen LogP contribution in [0.3, 0.4) is 0 Å². The Morgan fingerprint density at radius 3 is 2.77 bits per heavy atom. The fourth-order valence-electron chi connectivity index (χ4n) is 2.87. The number of pyridine rings is 1. The maximum atomic E-state index is 13.0. The maximum Gasteiger partial charge on any atom is 0.262 e. The molecule has 3 rings (SSSR count). The second-order valence-corrected chi connectivity index (χ2v) is 7.49. The number of aromatic nitrogens is 3. The molecule has 6 nitrogen and oxygen atoms in total. The van der Waals surface area contributed by atoms with Crippen LogP contribution in [-0.4, -0.2) is 33.8 Å². The fraction of sp³-hybridized carbons (Fsp3) is 0.467. The van der Waals surface area contributed by atoms with Gasteiger partial charge in [-0.2, -0.15) is 4.31 Å². The zero-order valence-corrected chi connectivity index (χ0v) is 13.6. The molecule has 2 aromatic rings. The maximum absolute atomic E-state index is 13.0. The Labute approximate surface area is 130 Å². The molecule has 118 valence electrons.